The molecular formula is C24H23NO5. The molecule has 0 aliphatic heterocycles. The first-order valence-corrected chi connectivity index (χ1v) is 9.43. The lowest BCUT2D eigenvalue weighted by atomic mass is 9.80. The molecule has 0 aliphatic rings. The van der Waals surface area contributed by atoms with E-state index in [-0.39, 0.29) is 5.75 Å². The van der Waals surface area contributed by atoms with E-state index in [1.54, 1.807) is 62.4 Å². The first-order valence-electron chi connectivity index (χ1n) is 9.43. The van der Waals surface area contributed by atoms with E-state index in [2.05, 4.69) is 5.32 Å². The van der Waals surface area contributed by atoms with Crippen molar-refractivity contribution in [3.8, 4) is 5.75 Å². The zero-order valence-corrected chi connectivity index (χ0v) is 16.7. The summed E-state index contributed by atoms with van der Waals surface area (Å²) >= 11 is 0. The number of carboxylic acid groups (broad SMARTS) is 1. The Kier molecular flexibility index (Phi) is 6.06. The van der Waals surface area contributed by atoms with E-state index in [0.717, 1.165) is 6.08 Å². The van der Waals surface area contributed by atoms with Crippen molar-refractivity contribution in [2.45, 2.75) is 20.0 Å². The number of benzene rings is 3. The molecule has 0 unspecified atom stereocenters. The van der Waals surface area contributed by atoms with E-state index in [0.29, 0.717) is 22.0 Å². The zero-order valence-electron chi connectivity index (χ0n) is 16.7. The van der Waals surface area contributed by atoms with Crippen LogP contribution in [0.3, 0.4) is 0 Å². The lowest BCUT2D eigenvalue weighted by Gasteiger charge is -2.32. The fourth-order valence-corrected chi connectivity index (χ4v) is 3.30. The molecule has 0 saturated carbocycles. The van der Waals surface area contributed by atoms with Gasteiger partial charge >= 0.3 is 12.1 Å². The number of ether oxygens (including phenoxy) is 1. The Morgan fingerprint density at radius 3 is 2.27 bits per heavy atom. The summed E-state index contributed by atoms with van der Waals surface area (Å²) in [5.41, 5.74) is 0.383. The standard InChI is InChI=1S/C24H23NO5/c1-24(2,15-14-21(27)28)22(30-23(29)25-16-8-4-3-5-9-16)19-12-13-20(26)18-11-7-6-10-17(18)19/h3-15,22,26H,1-2H3,(H,25,29)(H,27,28)/b15-14+/t22-/m1/s1. The number of carboxylic acids is 1. The minimum atomic E-state index is -1.09. The second-order valence-electron chi connectivity index (χ2n) is 7.49. The average molecular weight is 405 g/mol. The van der Waals surface area contributed by atoms with E-state index < -0.39 is 23.6 Å². The molecule has 0 aliphatic carbocycles. The maximum absolute atomic E-state index is 12.7. The Morgan fingerprint density at radius 2 is 1.60 bits per heavy atom. The van der Waals surface area contributed by atoms with Gasteiger partial charge in [-0.05, 0) is 23.6 Å². The van der Waals surface area contributed by atoms with Crippen molar-refractivity contribution in [2.75, 3.05) is 5.32 Å². The fraction of sp³-hybridized carbons (Fsp3) is 0.167. The number of aromatic hydroxyl groups is 1. The van der Waals surface area contributed by atoms with E-state index >= 15 is 0 Å². The van der Waals surface area contributed by atoms with Crippen LogP contribution >= 0.6 is 0 Å². The highest BCUT2D eigenvalue weighted by Gasteiger charge is 2.34. The third kappa shape index (κ3) is 4.78. The highest BCUT2D eigenvalue weighted by molar-refractivity contribution is 5.92. The Morgan fingerprint density at radius 1 is 0.967 bits per heavy atom. The minimum Gasteiger partial charge on any atom is -0.507 e. The van der Waals surface area contributed by atoms with Gasteiger partial charge in [-0.3, -0.25) is 5.32 Å². The van der Waals surface area contributed by atoms with Crippen LogP contribution in [0.1, 0.15) is 25.5 Å². The number of fused-ring (bicyclic) bond motifs is 1. The first kappa shape index (κ1) is 20.9. The molecule has 6 heteroatoms. The number of aliphatic carboxylic acids is 1. The van der Waals surface area contributed by atoms with E-state index in [1.807, 2.05) is 18.2 Å². The number of amides is 1. The van der Waals surface area contributed by atoms with Crippen LogP contribution in [0.4, 0.5) is 10.5 Å². The van der Waals surface area contributed by atoms with Crippen LogP contribution in [-0.4, -0.2) is 22.3 Å². The lowest BCUT2D eigenvalue weighted by Crippen LogP contribution is -2.28. The van der Waals surface area contributed by atoms with Crippen molar-refractivity contribution in [1.29, 1.82) is 0 Å². The number of hydrogen-bond donors (Lipinski definition) is 3. The lowest BCUT2D eigenvalue weighted by molar-refractivity contribution is -0.131. The third-order valence-corrected chi connectivity index (χ3v) is 4.79. The largest absolute Gasteiger partial charge is 0.507 e. The monoisotopic (exact) mass is 405 g/mol. The molecule has 6 nitrogen and oxygen atoms in total. The van der Waals surface area contributed by atoms with Crippen LogP contribution in [-0.2, 0) is 9.53 Å². The summed E-state index contributed by atoms with van der Waals surface area (Å²) in [4.78, 5) is 23.7. The number of carbonyl (C=O) groups excluding carboxylic acids is 1. The number of anilines is 1. The van der Waals surface area contributed by atoms with Crippen molar-refractivity contribution >= 4 is 28.5 Å². The molecule has 0 saturated heterocycles. The van der Waals surface area contributed by atoms with Gasteiger partial charge < -0.3 is 14.9 Å². The average Bonchev–Trinajstić information content (AvgIpc) is 2.72. The molecule has 3 aromatic rings. The molecule has 1 atom stereocenters. The van der Waals surface area contributed by atoms with Gasteiger partial charge in [0.05, 0.1) is 0 Å². The van der Waals surface area contributed by atoms with Gasteiger partial charge in [0.25, 0.3) is 0 Å². The van der Waals surface area contributed by atoms with Crippen molar-refractivity contribution in [1.82, 2.24) is 0 Å². The van der Waals surface area contributed by atoms with Gasteiger partial charge in [0.15, 0.2) is 0 Å². The van der Waals surface area contributed by atoms with E-state index in [1.165, 1.54) is 6.08 Å². The second-order valence-corrected chi connectivity index (χ2v) is 7.49. The molecule has 1 amide bonds. The van der Waals surface area contributed by atoms with Crippen LogP contribution in [0.25, 0.3) is 10.8 Å². The zero-order chi connectivity index (χ0) is 21.7. The molecule has 30 heavy (non-hydrogen) atoms. The van der Waals surface area contributed by atoms with Crippen LogP contribution in [0.5, 0.6) is 5.75 Å². The van der Waals surface area contributed by atoms with E-state index in [9.17, 15) is 14.7 Å². The molecule has 0 spiro atoms. The predicted molar refractivity (Wildman–Crippen MR) is 115 cm³/mol. The third-order valence-electron chi connectivity index (χ3n) is 4.79. The van der Waals surface area contributed by atoms with Gasteiger partial charge in [0.2, 0.25) is 0 Å². The van der Waals surface area contributed by atoms with Gasteiger partial charge in [0, 0.05) is 28.1 Å². The normalized spacial score (nSPS) is 12.6. The molecule has 0 radical (unpaired) electrons. The van der Waals surface area contributed by atoms with E-state index in [4.69, 9.17) is 9.84 Å². The number of para-hydroxylation sites is 1. The van der Waals surface area contributed by atoms with Crippen molar-refractivity contribution in [3.05, 3.63) is 84.4 Å². The minimum absolute atomic E-state index is 0.112. The molecule has 3 N–H and O–H groups in total. The first-order chi connectivity index (χ1) is 14.3. The van der Waals surface area contributed by atoms with Crippen molar-refractivity contribution < 1.29 is 24.5 Å². The summed E-state index contributed by atoms with van der Waals surface area (Å²) in [6.07, 6.45) is 1.05. The van der Waals surface area contributed by atoms with Gasteiger partial charge in [-0.25, -0.2) is 9.59 Å². The topological polar surface area (TPSA) is 95.9 Å². The van der Waals surface area contributed by atoms with Crippen molar-refractivity contribution in [3.63, 3.8) is 0 Å². The van der Waals surface area contributed by atoms with Gasteiger partial charge in [-0.2, -0.15) is 0 Å². The van der Waals surface area contributed by atoms with Crippen molar-refractivity contribution in [2.24, 2.45) is 5.41 Å². The van der Waals surface area contributed by atoms with Crippen LogP contribution in [0.2, 0.25) is 0 Å². The molecule has 0 heterocycles. The molecule has 0 aromatic heterocycles. The number of rotatable bonds is 6. The summed E-state index contributed by atoms with van der Waals surface area (Å²) in [7, 11) is 0. The maximum Gasteiger partial charge on any atom is 0.412 e. The maximum atomic E-state index is 12.7. The van der Waals surface area contributed by atoms with Gasteiger partial charge in [-0.1, -0.05) is 68.5 Å². The molecule has 0 bridgehead atoms. The highest BCUT2D eigenvalue weighted by Crippen LogP contribution is 2.42. The molecule has 154 valence electrons. The quantitative estimate of drug-likeness (QED) is 0.471. The number of phenols is 1. The summed E-state index contributed by atoms with van der Waals surface area (Å²) in [5, 5.41) is 23.3. The molecule has 3 aromatic carbocycles. The summed E-state index contributed by atoms with van der Waals surface area (Å²) in [6.45, 7) is 3.57. The second kappa shape index (κ2) is 8.69. The molecule has 3 rings (SSSR count). The predicted octanol–water partition coefficient (Wildman–Crippen LogP) is 5.50. The fourth-order valence-electron chi connectivity index (χ4n) is 3.30. The summed E-state index contributed by atoms with van der Waals surface area (Å²) in [5.74, 6) is -0.980. The molecular weight excluding hydrogens is 382 g/mol. The Balaban J connectivity index is 2.03. The van der Waals surface area contributed by atoms with Gasteiger partial charge in [0.1, 0.15) is 11.9 Å². The summed E-state index contributed by atoms with van der Waals surface area (Å²) in [6, 6.07) is 19.4. The molecule has 0 fully saturated rings. The summed E-state index contributed by atoms with van der Waals surface area (Å²) < 4.78 is 5.81. The Labute approximate surface area is 174 Å². The Hall–Kier alpha value is -3.80. The van der Waals surface area contributed by atoms with Gasteiger partial charge in [-0.15, -0.1) is 0 Å². The number of nitrogens with one attached hydrogen (secondary N) is 1. The number of phenolic OH excluding ortho intramolecular Hbond substituents is 1. The van der Waals surface area contributed by atoms with Crippen LogP contribution in [0.15, 0.2) is 78.9 Å². The van der Waals surface area contributed by atoms with Crippen LogP contribution in [0, 0.1) is 5.41 Å². The Bertz CT molecular complexity index is 1090. The number of hydrogen-bond acceptors (Lipinski definition) is 4. The highest BCUT2D eigenvalue weighted by atomic mass is 16.6. The smallest absolute Gasteiger partial charge is 0.412 e. The SMILES string of the molecule is CC(C)(/C=C/C(=O)O)[C@H](OC(=O)Nc1ccccc1)c1ccc(O)c2ccccc12. The van der Waals surface area contributed by atoms with Crippen LogP contribution < -0.4 is 5.32 Å². The number of carbonyl (C=O) groups is 2.